The van der Waals surface area contributed by atoms with Crippen LogP contribution < -0.4 is 5.32 Å². The predicted octanol–water partition coefficient (Wildman–Crippen LogP) is 2.25. The number of nitrogens with zero attached hydrogens (tertiary/aromatic N) is 2. The van der Waals surface area contributed by atoms with Gasteiger partial charge in [-0.05, 0) is 17.7 Å². The summed E-state index contributed by atoms with van der Waals surface area (Å²) in [5, 5.41) is 16.4. The lowest BCUT2D eigenvalue weighted by Gasteiger charge is -2.23. The van der Waals surface area contributed by atoms with Crippen molar-refractivity contribution < 1.29 is 14.7 Å². The Morgan fingerprint density at radius 1 is 1.43 bits per heavy atom. The van der Waals surface area contributed by atoms with Gasteiger partial charge in [-0.15, -0.1) is 0 Å². The highest BCUT2D eigenvalue weighted by Gasteiger charge is 2.30. The van der Waals surface area contributed by atoms with Gasteiger partial charge in [0, 0.05) is 10.6 Å². The fourth-order valence-electron chi connectivity index (χ4n) is 2.37. The number of anilines is 1. The Bertz CT molecular complexity index is 709. The molecule has 0 saturated carbocycles. The Morgan fingerprint density at radius 2 is 2.14 bits per heavy atom. The van der Waals surface area contributed by atoms with Crippen molar-refractivity contribution in [3.8, 4) is 11.1 Å². The summed E-state index contributed by atoms with van der Waals surface area (Å²) >= 11 is 5.86. The highest BCUT2D eigenvalue weighted by molar-refractivity contribution is 6.30. The predicted molar refractivity (Wildman–Crippen MR) is 77.0 cm³/mol. The van der Waals surface area contributed by atoms with Gasteiger partial charge < -0.3 is 10.4 Å². The molecule has 0 radical (unpaired) electrons. The number of rotatable bonds is 3. The molecule has 1 aromatic heterocycles. The number of amides is 1. The first-order valence-electron chi connectivity index (χ1n) is 6.39. The molecule has 3 rings (SSSR count). The number of carboxylic acids is 1. The van der Waals surface area contributed by atoms with E-state index in [1.54, 1.807) is 23.0 Å². The molecule has 21 heavy (non-hydrogen) atoms. The van der Waals surface area contributed by atoms with Crippen molar-refractivity contribution in [2.45, 2.75) is 13.0 Å². The van der Waals surface area contributed by atoms with E-state index in [0.717, 1.165) is 11.1 Å². The summed E-state index contributed by atoms with van der Waals surface area (Å²) < 4.78 is 1.62. The van der Waals surface area contributed by atoms with E-state index in [4.69, 9.17) is 16.7 Å². The second-order valence-corrected chi connectivity index (χ2v) is 5.32. The molecule has 7 heteroatoms. The normalized spacial score (nSPS) is 17.2. The van der Waals surface area contributed by atoms with Crippen molar-refractivity contribution in [3.63, 3.8) is 0 Å². The summed E-state index contributed by atoms with van der Waals surface area (Å²) in [7, 11) is 0. The average Bonchev–Trinajstić information content (AvgIpc) is 2.82. The van der Waals surface area contributed by atoms with Crippen LogP contribution in [0.1, 0.15) is 6.42 Å². The van der Waals surface area contributed by atoms with Crippen molar-refractivity contribution in [1.82, 2.24) is 9.78 Å². The molecule has 1 atom stereocenters. The van der Waals surface area contributed by atoms with Gasteiger partial charge in [-0.2, -0.15) is 5.10 Å². The largest absolute Gasteiger partial charge is 0.481 e. The van der Waals surface area contributed by atoms with Crippen LogP contribution in [-0.2, 0) is 16.1 Å². The highest BCUT2D eigenvalue weighted by atomic mass is 35.5. The third-order valence-electron chi connectivity index (χ3n) is 3.42. The summed E-state index contributed by atoms with van der Waals surface area (Å²) in [5.74, 6) is -1.30. The Morgan fingerprint density at radius 3 is 2.81 bits per heavy atom. The van der Waals surface area contributed by atoms with Crippen molar-refractivity contribution in [3.05, 3.63) is 35.5 Å². The molecule has 1 aromatic carbocycles. The van der Waals surface area contributed by atoms with Crippen LogP contribution >= 0.6 is 11.6 Å². The maximum atomic E-state index is 12.0. The van der Waals surface area contributed by atoms with Gasteiger partial charge in [0.15, 0.2) is 0 Å². The molecule has 2 aromatic rings. The SMILES string of the molecule is O=C(O)C[C@H]1Cn2ncc(-c3ccc(Cl)cc3)c2NC1=O. The van der Waals surface area contributed by atoms with Gasteiger partial charge in [0.2, 0.25) is 5.91 Å². The van der Waals surface area contributed by atoms with Gasteiger partial charge in [0.1, 0.15) is 5.82 Å². The Kier molecular flexibility index (Phi) is 3.39. The van der Waals surface area contributed by atoms with E-state index < -0.39 is 11.9 Å². The number of fused-ring (bicyclic) bond motifs is 1. The minimum atomic E-state index is -0.997. The van der Waals surface area contributed by atoms with Crippen LogP contribution in [0.25, 0.3) is 11.1 Å². The number of nitrogens with one attached hydrogen (secondary N) is 1. The average molecular weight is 306 g/mol. The zero-order chi connectivity index (χ0) is 15.0. The Labute approximate surface area is 125 Å². The van der Waals surface area contributed by atoms with E-state index in [2.05, 4.69) is 10.4 Å². The molecule has 1 amide bonds. The number of carbonyl (C=O) groups is 2. The van der Waals surface area contributed by atoms with E-state index in [-0.39, 0.29) is 18.9 Å². The monoisotopic (exact) mass is 305 g/mol. The third-order valence-corrected chi connectivity index (χ3v) is 3.67. The van der Waals surface area contributed by atoms with Gasteiger partial charge in [-0.1, -0.05) is 23.7 Å². The van der Waals surface area contributed by atoms with E-state index in [1.807, 2.05) is 12.1 Å². The smallest absolute Gasteiger partial charge is 0.304 e. The molecule has 1 aliphatic heterocycles. The van der Waals surface area contributed by atoms with Crippen molar-refractivity contribution in [1.29, 1.82) is 0 Å². The summed E-state index contributed by atoms with van der Waals surface area (Å²) in [6.07, 6.45) is 1.45. The van der Waals surface area contributed by atoms with Gasteiger partial charge in [-0.25, -0.2) is 4.68 Å². The number of carbonyl (C=O) groups excluding carboxylic acids is 1. The number of hydrogen-bond donors (Lipinski definition) is 2. The minimum Gasteiger partial charge on any atom is -0.481 e. The molecule has 0 fully saturated rings. The van der Waals surface area contributed by atoms with Crippen LogP contribution in [0, 0.1) is 5.92 Å². The molecule has 2 heterocycles. The van der Waals surface area contributed by atoms with E-state index in [1.165, 1.54) is 0 Å². The number of halogens is 1. The number of benzene rings is 1. The summed E-state index contributed by atoms with van der Waals surface area (Å²) in [6.45, 7) is 0.265. The Balaban J connectivity index is 1.93. The minimum absolute atomic E-state index is 0.207. The first-order valence-corrected chi connectivity index (χ1v) is 6.77. The van der Waals surface area contributed by atoms with Gasteiger partial charge in [-0.3, -0.25) is 9.59 Å². The number of carboxylic acid groups (broad SMARTS) is 1. The summed E-state index contributed by atoms with van der Waals surface area (Å²) in [6, 6.07) is 7.21. The first kappa shape index (κ1) is 13.6. The number of hydrogen-bond acceptors (Lipinski definition) is 3. The first-order chi connectivity index (χ1) is 10.0. The molecular formula is C14H12ClN3O3. The second kappa shape index (κ2) is 5.21. The van der Waals surface area contributed by atoms with Crippen LogP contribution in [0.5, 0.6) is 0 Å². The zero-order valence-corrected chi connectivity index (χ0v) is 11.7. The maximum Gasteiger partial charge on any atom is 0.304 e. The second-order valence-electron chi connectivity index (χ2n) is 4.88. The lowest BCUT2D eigenvalue weighted by molar-refractivity contribution is -0.140. The van der Waals surface area contributed by atoms with Crippen LogP contribution in [0.2, 0.25) is 5.02 Å². The molecular weight excluding hydrogens is 294 g/mol. The molecule has 108 valence electrons. The van der Waals surface area contributed by atoms with E-state index in [9.17, 15) is 9.59 Å². The topological polar surface area (TPSA) is 84.2 Å². The fourth-order valence-corrected chi connectivity index (χ4v) is 2.50. The van der Waals surface area contributed by atoms with Crippen molar-refractivity contribution in [2.75, 3.05) is 5.32 Å². The van der Waals surface area contributed by atoms with Crippen LogP contribution in [0.4, 0.5) is 5.82 Å². The van der Waals surface area contributed by atoms with Gasteiger partial charge >= 0.3 is 5.97 Å². The van der Waals surface area contributed by atoms with Crippen LogP contribution in [0.3, 0.4) is 0 Å². The lowest BCUT2D eigenvalue weighted by Crippen LogP contribution is -2.35. The summed E-state index contributed by atoms with van der Waals surface area (Å²) in [4.78, 5) is 22.8. The standard InChI is InChI=1S/C14H12ClN3O3/c15-10-3-1-8(2-4-10)11-6-16-18-7-9(5-12(19)20)14(21)17-13(11)18/h1-4,6,9H,5,7H2,(H,17,21)(H,19,20)/t9-/m0/s1. The van der Waals surface area contributed by atoms with Crippen molar-refractivity contribution in [2.24, 2.45) is 5.92 Å². The van der Waals surface area contributed by atoms with E-state index >= 15 is 0 Å². The molecule has 0 spiro atoms. The lowest BCUT2D eigenvalue weighted by atomic mass is 10.0. The summed E-state index contributed by atoms with van der Waals surface area (Å²) in [5.41, 5.74) is 1.67. The van der Waals surface area contributed by atoms with E-state index in [0.29, 0.717) is 10.8 Å². The van der Waals surface area contributed by atoms with Gasteiger partial charge in [0.05, 0.1) is 25.1 Å². The fraction of sp³-hybridized carbons (Fsp3) is 0.214. The molecule has 2 N–H and O–H groups in total. The molecule has 0 bridgehead atoms. The molecule has 6 nitrogen and oxygen atoms in total. The zero-order valence-electron chi connectivity index (χ0n) is 10.9. The maximum absolute atomic E-state index is 12.0. The molecule has 0 unspecified atom stereocenters. The highest BCUT2D eigenvalue weighted by Crippen LogP contribution is 2.32. The quantitative estimate of drug-likeness (QED) is 0.911. The Hall–Kier alpha value is -2.34. The number of aliphatic carboxylic acids is 1. The number of aromatic nitrogens is 2. The van der Waals surface area contributed by atoms with Crippen LogP contribution in [-0.4, -0.2) is 26.8 Å². The van der Waals surface area contributed by atoms with Crippen molar-refractivity contribution >= 4 is 29.3 Å². The van der Waals surface area contributed by atoms with Crippen LogP contribution in [0.15, 0.2) is 30.5 Å². The van der Waals surface area contributed by atoms with Gasteiger partial charge in [0.25, 0.3) is 0 Å². The molecule has 0 saturated heterocycles. The molecule has 0 aliphatic carbocycles. The third kappa shape index (κ3) is 2.62. The molecule has 1 aliphatic rings.